The maximum absolute atomic E-state index is 13.1. The number of amides is 1. The molecule has 9 nitrogen and oxygen atoms in total. The topological polar surface area (TPSA) is 99.2 Å². The predicted octanol–water partition coefficient (Wildman–Crippen LogP) is 5.17. The van der Waals surface area contributed by atoms with E-state index >= 15 is 0 Å². The maximum Gasteiger partial charge on any atom is 0.255 e. The van der Waals surface area contributed by atoms with Gasteiger partial charge in [-0.1, -0.05) is 28.1 Å². The van der Waals surface area contributed by atoms with Crippen LogP contribution in [-0.4, -0.2) is 68.9 Å². The van der Waals surface area contributed by atoms with E-state index in [1.807, 2.05) is 49.4 Å². The van der Waals surface area contributed by atoms with E-state index in [0.29, 0.717) is 22.9 Å². The summed E-state index contributed by atoms with van der Waals surface area (Å²) in [5.74, 6) is 0.270. The van der Waals surface area contributed by atoms with Crippen molar-refractivity contribution < 1.29 is 4.79 Å². The molecule has 4 aromatic rings. The van der Waals surface area contributed by atoms with Crippen molar-refractivity contribution in [1.29, 1.82) is 0 Å². The van der Waals surface area contributed by atoms with Gasteiger partial charge in [0.15, 0.2) is 0 Å². The van der Waals surface area contributed by atoms with E-state index in [2.05, 4.69) is 63.3 Å². The van der Waals surface area contributed by atoms with Gasteiger partial charge in [0.1, 0.15) is 6.33 Å². The molecule has 0 unspecified atom stereocenters. The molecule has 1 aliphatic heterocycles. The van der Waals surface area contributed by atoms with Gasteiger partial charge in [0.25, 0.3) is 5.91 Å². The van der Waals surface area contributed by atoms with Crippen LogP contribution in [0.25, 0.3) is 11.3 Å². The fourth-order valence-electron chi connectivity index (χ4n) is 4.23. The van der Waals surface area contributed by atoms with Crippen molar-refractivity contribution >= 4 is 51.6 Å². The summed E-state index contributed by atoms with van der Waals surface area (Å²) in [5, 5.41) is 6.27. The zero-order valence-electron chi connectivity index (χ0n) is 21.8. The normalized spacial score (nSPS) is 13.9. The SMILES string of the molecule is Cc1ccc(NC(=O)c2ccc(CN3CCN(C)CC3)c(Br)c2)cc1Nc1nccc(-c2cncnc2)n1.Cl. The van der Waals surface area contributed by atoms with E-state index in [1.54, 1.807) is 18.6 Å². The van der Waals surface area contributed by atoms with Crippen molar-refractivity contribution in [3.8, 4) is 11.3 Å². The Kier molecular flexibility index (Phi) is 9.58. The lowest BCUT2D eigenvalue weighted by molar-refractivity contribution is 0.102. The Morgan fingerprint density at radius 2 is 1.79 bits per heavy atom. The average Bonchev–Trinajstić information content (AvgIpc) is 2.93. The summed E-state index contributed by atoms with van der Waals surface area (Å²) in [7, 11) is 2.15. The molecule has 1 fully saturated rings. The molecule has 11 heteroatoms. The van der Waals surface area contributed by atoms with Gasteiger partial charge in [-0.3, -0.25) is 9.69 Å². The highest BCUT2D eigenvalue weighted by Crippen LogP contribution is 2.26. The Bertz CT molecular complexity index is 1430. The monoisotopic (exact) mass is 608 g/mol. The first-order valence-electron chi connectivity index (χ1n) is 12.4. The van der Waals surface area contributed by atoms with Gasteiger partial charge in [-0.25, -0.2) is 19.9 Å². The number of carbonyl (C=O) groups excluding carboxylic acids is 1. The van der Waals surface area contributed by atoms with E-state index < -0.39 is 0 Å². The van der Waals surface area contributed by atoms with Crippen LogP contribution in [0.5, 0.6) is 0 Å². The van der Waals surface area contributed by atoms with Crippen molar-refractivity contribution in [2.75, 3.05) is 43.9 Å². The molecule has 0 bridgehead atoms. The second-order valence-corrected chi connectivity index (χ2v) is 10.2. The Morgan fingerprint density at radius 1 is 1.03 bits per heavy atom. The largest absolute Gasteiger partial charge is 0.324 e. The number of anilines is 3. The number of rotatable bonds is 7. The van der Waals surface area contributed by atoms with Crippen LogP contribution < -0.4 is 10.6 Å². The third-order valence-corrected chi connectivity index (χ3v) is 7.30. The first kappa shape index (κ1) is 28.6. The van der Waals surface area contributed by atoms with E-state index in [4.69, 9.17) is 0 Å². The van der Waals surface area contributed by atoms with Gasteiger partial charge in [-0.2, -0.15) is 0 Å². The number of halogens is 2. The maximum atomic E-state index is 13.1. The lowest BCUT2D eigenvalue weighted by atomic mass is 10.1. The standard InChI is InChI=1S/C28H29BrN8O.ClH/c1-19-3-6-23(14-26(19)35-28-32-8-7-25(34-28)22-15-30-18-31-16-22)33-27(38)20-4-5-21(24(29)13-20)17-37-11-9-36(2)10-12-37;/h3-8,13-16,18H,9-12,17H2,1-2H3,(H,33,38)(H,32,34,35);1H. The van der Waals surface area contributed by atoms with Gasteiger partial charge in [0.05, 0.1) is 5.69 Å². The van der Waals surface area contributed by atoms with E-state index in [9.17, 15) is 4.79 Å². The Morgan fingerprint density at radius 3 is 2.54 bits per heavy atom. The molecule has 0 aliphatic carbocycles. The van der Waals surface area contributed by atoms with Gasteiger partial charge < -0.3 is 15.5 Å². The second-order valence-electron chi connectivity index (χ2n) is 9.39. The Balaban J connectivity index is 0.00000353. The van der Waals surface area contributed by atoms with E-state index in [0.717, 1.165) is 54.0 Å². The van der Waals surface area contributed by atoms with Crippen LogP contribution >= 0.6 is 28.3 Å². The number of hydrogen-bond acceptors (Lipinski definition) is 8. The molecule has 0 atom stereocenters. The smallest absolute Gasteiger partial charge is 0.255 e. The molecule has 202 valence electrons. The zero-order chi connectivity index (χ0) is 26.5. The highest BCUT2D eigenvalue weighted by molar-refractivity contribution is 9.10. The Hall–Kier alpha value is -3.44. The van der Waals surface area contributed by atoms with Crippen molar-refractivity contribution in [1.82, 2.24) is 29.7 Å². The van der Waals surface area contributed by atoms with Gasteiger partial charge in [-0.05, 0) is 55.4 Å². The number of nitrogens with one attached hydrogen (secondary N) is 2. The quantitative estimate of drug-likeness (QED) is 0.296. The molecule has 1 amide bonds. The van der Waals surface area contributed by atoms with Crippen LogP contribution in [0.1, 0.15) is 21.5 Å². The fraction of sp³-hybridized carbons (Fsp3) is 0.250. The third kappa shape index (κ3) is 7.36. The van der Waals surface area contributed by atoms with Crippen LogP contribution in [0, 0.1) is 6.92 Å². The van der Waals surface area contributed by atoms with E-state index in [-0.39, 0.29) is 18.3 Å². The number of aryl methyl sites for hydroxylation is 1. The summed E-state index contributed by atoms with van der Waals surface area (Å²) in [5.41, 5.74) is 5.76. The molecule has 0 saturated carbocycles. The molecule has 2 N–H and O–H groups in total. The minimum absolute atomic E-state index is 0. The average molecular weight is 610 g/mol. The van der Waals surface area contributed by atoms with Crippen LogP contribution in [0.2, 0.25) is 0 Å². The third-order valence-electron chi connectivity index (χ3n) is 6.56. The Labute approximate surface area is 242 Å². The summed E-state index contributed by atoms with van der Waals surface area (Å²) in [6, 6.07) is 13.3. The van der Waals surface area contributed by atoms with Crippen LogP contribution in [0.15, 0.2) is 71.9 Å². The zero-order valence-corrected chi connectivity index (χ0v) is 24.2. The molecule has 3 heterocycles. The van der Waals surface area contributed by atoms with Crippen LogP contribution in [0.3, 0.4) is 0 Å². The van der Waals surface area contributed by atoms with Gasteiger partial charge in [-0.15, -0.1) is 12.4 Å². The van der Waals surface area contributed by atoms with Crippen LogP contribution in [0.4, 0.5) is 17.3 Å². The van der Waals surface area contributed by atoms with Gasteiger partial charge >= 0.3 is 0 Å². The lowest BCUT2D eigenvalue weighted by Gasteiger charge is -2.32. The number of likely N-dealkylation sites (N-methyl/N-ethyl adjacent to an activating group) is 1. The molecular weight excluding hydrogens is 580 g/mol. The number of hydrogen-bond donors (Lipinski definition) is 2. The van der Waals surface area contributed by atoms with Crippen LogP contribution in [-0.2, 0) is 6.54 Å². The molecule has 0 radical (unpaired) electrons. The minimum atomic E-state index is -0.172. The molecule has 39 heavy (non-hydrogen) atoms. The molecule has 1 aliphatic rings. The number of piperazine rings is 1. The first-order chi connectivity index (χ1) is 18.4. The molecule has 2 aromatic heterocycles. The summed E-state index contributed by atoms with van der Waals surface area (Å²) < 4.78 is 0.941. The lowest BCUT2D eigenvalue weighted by Crippen LogP contribution is -2.43. The summed E-state index contributed by atoms with van der Waals surface area (Å²) in [4.78, 5) is 34.9. The number of benzene rings is 2. The number of nitrogens with zero attached hydrogens (tertiary/aromatic N) is 6. The highest BCUT2D eigenvalue weighted by Gasteiger charge is 2.16. The molecule has 2 aromatic carbocycles. The molecular formula is C28H30BrClN8O. The van der Waals surface area contributed by atoms with Gasteiger partial charge in [0.2, 0.25) is 5.95 Å². The van der Waals surface area contributed by atoms with E-state index in [1.165, 1.54) is 11.9 Å². The van der Waals surface area contributed by atoms with Crippen molar-refractivity contribution in [2.24, 2.45) is 0 Å². The molecule has 0 spiro atoms. The van der Waals surface area contributed by atoms with Crippen molar-refractivity contribution in [3.63, 3.8) is 0 Å². The fourth-order valence-corrected chi connectivity index (χ4v) is 4.74. The molecule has 5 rings (SSSR count). The first-order valence-corrected chi connectivity index (χ1v) is 13.2. The van der Waals surface area contributed by atoms with Crippen molar-refractivity contribution in [2.45, 2.75) is 13.5 Å². The highest BCUT2D eigenvalue weighted by atomic mass is 79.9. The van der Waals surface area contributed by atoms with Crippen molar-refractivity contribution in [3.05, 3.63) is 88.5 Å². The minimum Gasteiger partial charge on any atom is -0.324 e. The molecule has 1 saturated heterocycles. The number of carbonyl (C=O) groups is 1. The summed E-state index contributed by atoms with van der Waals surface area (Å²) in [6.07, 6.45) is 6.58. The van der Waals surface area contributed by atoms with Gasteiger partial charge in [0, 0.05) is 78.3 Å². The number of aromatic nitrogens is 4. The second kappa shape index (κ2) is 13.1. The predicted molar refractivity (Wildman–Crippen MR) is 160 cm³/mol. The summed E-state index contributed by atoms with van der Waals surface area (Å²) in [6.45, 7) is 7.09. The summed E-state index contributed by atoms with van der Waals surface area (Å²) >= 11 is 3.67.